The number of unbranched alkanes of at least 4 members (excludes halogenated alkanes) is 1. The second kappa shape index (κ2) is 6.51. The number of hydrogen-bond donors (Lipinski definition) is 2. The largest absolute Gasteiger partial charge is 0.481 e. The zero-order chi connectivity index (χ0) is 12.0. The molecular weight excluding hydrogens is 228 g/mol. The fraction of sp³-hybridized carbons (Fsp3) is 0.417. The zero-order valence-corrected chi connectivity index (χ0v) is 9.65. The molecule has 4 heteroatoms. The molecule has 2 N–H and O–H groups in total. The summed E-state index contributed by atoms with van der Waals surface area (Å²) in [5.74, 6) is -1.38. The molecule has 0 heterocycles. The molecule has 0 radical (unpaired) electrons. The molecule has 0 spiro atoms. The molecule has 0 aliphatic rings. The molecule has 0 aliphatic heterocycles. The van der Waals surface area contributed by atoms with Crippen LogP contribution in [0.15, 0.2) is 24.3 Å². The molecule has 0 amide bonds. The molecule has 0 aliphatic carbocycles. The van der Waals surface area contributed by atoms with Crippen molar-refractivity contribution in [3.8, 4) is 0 Å². The first-order valence-electron chi connectivity index (χ1n) is 5.24. The van der Waals surface area contributed by atoms with E-state index in [4.69, 9.17) is 21.8 Å². The standard InChI is InChI=1S/C12H15ClO3/c13-10-5-3-4-9(8-10)11(12(15)16)6-1-2-7-14/h3-5,8,11,14H,1-2,6-7H2,(H,15,16). The highest BCUT2D eigenvalue weighted by molar-refractivity contribution is 6.30. The molecule has 88 valence electrons. The maximum absolute atomic E-state index is 11.1. The van der Waals surface area contributed by atoms with Crippen LogP contribution in [0.25, 0.3) is 0 Å². The van der Waals surface area contributed by atoms with E-state index in [1.807, 2.05) is 0 Å². The van der Waals surface area contributed by atoms with Crippen LogP contribution in [-0.2, 0) is 4.79 Å². The van der Waals surface area contributed by atoms with E-state index in [1.54, 1.807) is 24.3 Å². The first kappa shape index (κ1) is 13.0. The third-order valence-corrected chi connectivity index (χ3v) is 2.69. The van der Waals surface area contributed by atoms with Crippen molar-refractivity contribution in [1.29, 1.82) is 0 Å². The van der Waals surface area contributed by atoms with Crippen LogP contribution in [0.1, 0.15) is 30.7 Å². The number of aliphatic hydroxyl groups excluding tert-OH is 1. The van der Waals surface area contributed by atoms with Crippen molar-refractivity contribution in [2.24, 2.45) is 0 Å². The molecule has 0 bridgehead atoms. The SMILES string of the molecule is O=C(O)C(CCCCO)c1cccc(Cl)c1. The van der Waals surface area contributed by atoms with E-state index in [1.165, 1.54) is 0 Å². The number of benzene rings is 1. The van der Waals surface area contributed by atoms with Crippen LogP contribution in [0, 0.1) is 0 Å². The Morgan fingerprint density at radius 1 is 1.38 bits per heavy atom. The highest BCUT2D eigenvalue weighted by Gasteiger charge is 2.19. The first-order valence-corrected chi connectivity index (χ1v) is 5.62. The Morgan fingerprint density at radius 2 is 2.12 bits per heavy atom. The van der Waals surface area contributed by atoms with Crippen LogP contribution in [0.3, 0.4) is 0 Å². The zero-order valence-electron chi connectivity index (χ0n) is 8.90. The summed E-state index contributed by atoms with van der Waals surface area (Å²) in [6.45, 7) is 0.0991. The van der Waals surface area contributed by atoms with Crippen LogP contribution in [0.2, 0.25) is 5.02 Å². The molecule has 0 saturated heterocycles. The number of carbonyl (C=O) groups is 1. The highest BCUT2D eigenvalue weighted by Crippen LogP contribution is 2.24. The third kappa shape index (κ3) is 3.83. The summed E-state index contributed by atoms with van der Waals surface area (Å²) in [6, 6.07) is 6.92. The van der Waals surface area contributed by atoms with Gasteiger partial charge in [0.2, 0.25) is 0 Å². The maximum atomic E-state index is 11.1. The quantitative estimate of drug-likeness (QED) is 0.754. The molecule has 1 aromatic rings. The topological polar surface area (TPSA) is 57.5 Å². The summed E-state index contributed by atoms with van der Waals surface area (Å²) in [5.41, 5.74) is 0.720. The third-order valence-electron chi connectivity index (χ3n) is 2.45. The average Bonchev–Trinajstić information content (AvgIpc) is 2.24. The smallest absolute Gasteiger partial charge is 0.310 e. The lowest BCUT2D eigenvalue weighted by molar-refractivity contribution is -0.139. The first-order chi connectivity index (χ1) is 7.65. The van der Waals surface area contributed by atoms with Crippen LogP contribution in [0.4, 0.5) is 0 Å². The van der Waals surface area contributed by atoms with E-state index in [9.17, 15) is 4.79 Å². The Balaban J connectivity index is 2.73. The average molecular weight is 243 g/mol. The van der Waals surface area contributed by atoms with Crippen molar-refractivity contribution in [3.63, 3.8) is 0 Å². The minimum atomic E-state index is -0.847. The number of aliphatic carboxylic acids is 1. The fourth-order valence-electron chi connectivity index (χ4n) is 1.62. The molecule has 1 aromatic carbocycles. The molecule has 1 rings (SSSR count). The summed E-state index contributed by atoms with van der Waals surface area (Å²) in [6.07, 6.45) is 1.85. The van der Waals surface area contributed by atoms with Crippen molar-refractivity contribution in [1.82, 2.24) is 0 Å². The van der Waals surface area contributed by atoms with Gasteiger partial charge in [0.05, 0.1) is 5.92 Å². The summed E-state index contributed by atoms with van der Waals surface area (Å²) in [4.78, 5) is 11.1. The number of hydrogen-bond acceptors (Lipinski definition) is 2. The van der Waals surface area contributed by atoms with Gasteiger partial charge in [0, 0.05) is 11.6 Å². The molecule has 1 atom stereocenters. The van der Waals surface area contributed by atoms with E-state index in [0.29, 0.717) is 24.3 Å². The van der Waals surface area contributed by atoms with E-state index in [0.717, 1.165) is 5.56 Å². The van der Waals surface area contributed by atoms with Gasteiger partial charge in [-0.15, -0.1) is 0 Å². The van der Waals surface area contributed by atoms with Crippen LogP contribution in [0.5, 0.6) is 0 Å². The molecule has 0 aromatic heterocycles. The second-order valence-electron chi connectivity index (χ2n) is 3.67. The van der Waals surface area contributed by atoms with Crippen LogP contribution < -0.4 is 0 Å². The normalized spacial score (nSPS) is 12.4. The number of rotatable bonds is 6. The Labute approximate surface area is 99.7 Å². The van der Waals surface area contributed by atoms with Crippen molar-refractivity contribution >= 4 is 17.6 Å². The van der Waals surface area contributed by atoms with Crippen LogP contribution in [-0.4, -0.2) is 22.8 Å². The van der Waals surface area contributed by atoms with Crippen molar-refractivity contribution in [2.45, 2.75) is 25.2 Å². The van der Waals surface area contributed by atoms with Crippen LogP contribution >= 0.6 is 11.6 Å². The van der Waals surface area contributed by atoms with Gasteiger partial charge in [-0.05, 0) is 37.0 Å². The number of carboxylic acids is 1. The molecule has 16 heavy (non-hydrogen) atoms. The monoisotopic (exact) mass is 242 g/mol. The molecular formula is C12H15ClO3. The predicted octanol–water partition coefficient (Wildman–Crippen LogP) is 2.67. The van der Waals surface area contributed by atoms with Crippen molar-refractivity contribution < 1.29 is 15.0 Å². The van der Waals surface area contributed by atoms with Gasteiger partial charge in [-0.25, -0.2) is 0 Å². The Hall–Kier alpha value is -1.06. The van der Waals surface area contributed by atoms with Gasteiger partial charge in [0.25, 0.3) is 0 Å². The summed E-state index contributed by atoms with van der Waals surface area (Å²) < 4.78 is 0. The van der Waals surface area contributed by atoms with Gasteiger partial charge >= 0.3 is 5.97 Å². The maximum Gasteiger partial charge on any atom is 0.310 e. The Bertz CT molecular complexity index is 352. The van der Waals surface area contributed by atoms with E-state index in [-0.39, 0.29) is 6.61 Å². The fourth-order valence-corrected chi connectivity index (χ4v) is 1.82. The highest BCUT2D eigenvalue weighted by atomic mass is 35.5. The number of halogens is 1. The van der Waals surface area contributed by atoms with Gasteiger partial charge in [-0.3, -0.25) is 4.79 Å². The lowest BCUT2D eigenvalue weighted by atomic mass is 9.94. The predicted molar refractivity (Wildman–Crippen MR) is 62.8 cm³/mol. The lowest BCUT2D eigenvalue weighted by Gasteiger charge is -2.12. The molecule has 3 nitrogen and oxygen atoms in total. The van der Waals surface area contributed by atoms with Gasteiger partial charge in [-0.2, -0.15) is 0 Å². The van der Waals surface area contributed by atoms with Gasteiger partial charge in [0.15, 0.2) is 0 Å². The number of carboxylic acid groups (broad SMARTS) is 1. The van der Waals surface area contributed by atoms with Gasteiger partial charge < -0.3 is 10.2 Å². The molecule has 1 unspecified atom stereocenters. The Kier molecular flexibility index (Phi) is 5.29. The summed E-state index contributed by atoms with van der Waals surface area (Å²) in [5, 5.41) is 18.3. The van der Waals surface area contributed by atoms with E-state index >= 15 is 0 Å². The molecule has 0 fully saturated rings. The van der Waals surface area contributed by atoms with Crippen molar-refractivity contribution in [3.05, 3.63) is 34.9 Å². The van der Waals surface area contributed by atoms with Gasteiger partial charge in [0.1, 0.15) is 0 Å². The summed E-state index contributed by atoms with van der Waals surface area (Å²) >= 11 is 5.82. The minimum Gasteiger partial charge on any atom is -0.481 e. The van der Waals surface area contributed by atoms with Gasteiger partial charge in [-0.1, -0.05) is 23.7 Å². The summed E-state index contributed by atoms with van der Waals surface area (Å²) in [7, 11) is 0. The number of aliphatic hydroxyl groups is 1. The second-order valence-corrected chi connectivity index (χ2v) is 4.10. The lowest BCUT2D eigenvalue weighted by Crippen LogP contribution is -2.11. The Morgan fingerprint density at radius 3 is 2.69 bits per heavy atom. The van der Waals surface area contributed by atoms with E-state index in [2.05, 4.69) is 0 Å². The van der Waals surface area contributed by atoms with E-state index < -0.39 is 11.9 Å². The van der Waals surface area contributed by atoms with Crippen molar-refractivity contribution in [2.75, 3.05) is 6.61 Å². The molecule has 0 saturated carbocycles. The minimum absolute atomic E-state index is 0.0991.